The van der Waals surface area contributed by atoms with Crippen molar-refractivity contribution in [2.24, 2.45) is 0 Å². The molecule has 0 aromatic heterocycles. The van der Waals surface area contributed by atoms with Gasteiger partial charge in [0.05, 0.1) is 10.7 Å². The van der Waals surface area contributed by atoms with Crippen LogP contribution in [-0.4, -0.2) is 42.9 Å². The molecule has 1 aliphatic rings. The molecule has 0 atom stereocenters. The number of nitrogens with two attached hydrogens (primary N) is 1. The summed E-state index contributed by atoms with van der Waals surface area (Å²) >= 11 is 5.93. The third-order valence-electron chi connectivity index (χ3n) is 2.84. The molecule has 6 nitrogen and oxygen atoms in total. The van der Waals surface area contributed by atoms with E-state index in [1.54, 1.807) is 12.1 Å². The maximum Gasteiger partial charge on any atom is 0.313 e. The monoisotopic (exact) mass is 282 g/mol. The summed E-state index contributed by atoms with van der Waals surface area (Å²) in [6.45, 7) is 2.45. The van der Waals surface area contributed by atoms with Gasteiger partial charge >= 0.3 is 11.8 Å². The van der Waals surface area contributed by atoms with E-state index in [1.807, 2.05) is 0 Å². The number of anilines is 2. The van der Waals surface area contributed by atoms with Crippen molar-refractivity contribution in [3.63, 3.8) is 0 Å². The Morgan fingerprint density at radius 3 is 2.63 bits per heavy atom. The highest BCUT2D eigenvalue weighted by Crippen LogP contribution is 2.23. The summed E-state index contributed by atoms with van der Waals surface area (Å²) in [4.78, 5) is 25.2. The van der Waals surface area contributed by atoms with Gasteiger partial charge < -0.3 is 21.3 Å². The second-order valence-corrected chi connectivity index (χ2v) is 4.64. The van der Waals surface area contributed by atoms with Gasteiger partial charge in [-0.2, -0.15) is 0 Å². The fourth-order valence-electron chi connectivity index (χ4n) is 1.82. The molecule has 7 heteroatoms. The van der Waals surface area contributed by atoms with Crippen LogP contribution in [0.5, 0.6) is 0 Å². The number of halogens is 1. The minimum absolute atomic E-state index is 0.307. The van der Waals surface area contributed by atoms with Crippen molar-refractivity contribution in [3.05, 3.63) is 23.2 Å². The molecule has 19 heavy (non-hydrogen) atoms. The highest BCUT2D eigenvalue weighted by atomic mass is 35.5. The Bertz CT molecular complexity index is 501. The zero-order valence-corrected chi connectivity index (χ0v) is 11.0. The van der Waals surface area contributed by atoms with Crippen molar-refractivity contribution in [2.45, 2.75) is 0 Å². The SMILES string of the molecule is Nc1ccc(NC(=O)C(=O)N2CCNCC2)c(Cl)c1. The van der Waals surface area contributed by atoms with Gasteiger partial charge in [0, 0.05) is 31.9 Å². The van der Waals surface area contributed by atoms with E-state index in [-0.39, 0.29) is 0 Å². The van der Waals surface area contributed by atoms with Crippen molar-refractivity contribution >= 4 is 34.8 Å². The summed E-state index contributed by atoms with van der Waals surface area (Å²) in [6, 6.07) is 4.70. The van der Waals surface area contributed by atoms with E-state index < -0.39 is 11.8 Å². The van der Waals surface area contributed by atoms with Gasteiger partial charge in [0.1, 0.15) is 0 Å². The average molecular weight is 283 g/mol. The van der Waals surface area contributed by atoms with Gasteiger partial charge in [-0.1, -0.05) is 11.6 Å². The van der Waals surface area contributed by atoms with Crippen molar-refractivity contribution in [3.8, 4) is 0 Å². The van der Waals surface area contributed by atoms with Crippen molar-refractivity contribution < 1.29 is 9.59 Å². The van der Waals surface area contributed by atoms with E-state index in [0.29, 0.717) is 42.6 Å². The molecular weight excluding hydrogens is 268 g/mol. The number of nitrogens with one attached hydrogen (secondary N) is 2. The van der Waals surface area contributed by atoms with Crippen LogP contribution in [0.15, 0.2) is 18.2 Å². The van der Waals surface area contributed by atoms with Gasteiger partial charge in [-0.3, -0.25) is 9.59 Å². The summed E-state index contributed by atoms with van der Waals surface area (Å²) in [5, 5.41) is 5.92. The van der Waals surface area contributed by atoms with Crippen LogP contribution in [0.2, 0.25) is 5.02 Å². The standard InChI is InChI=1S/C12H15ClN4O2/c13-9-7-8(14)1-2-10(9)16-11(18)12(19)17-5-3-15-4-6-17/h1-2,7,15H,3-6,14H2,(H,16,18). The number of carbonyl (C=O) groups is 2. The van der Waals surface area contributed by atoms with Crippen molar-refractivity contribution in [1.29, 1.82) is 0 Å². The fourth-order valence-corrected chi connectivity index (χ4v) is 2.06. The molecule has 2 amide bonds. The number of rotatable bonds is 1. The molecule has 1 aliphatic heterocycles. The van der Waals surface area contributed by atoms with Gasteiger partial charge in [-0.15, -0.1) is 0 Å². The summed E-state index contributed by atoms with van der Waals surface area (Å²) in [6.07, 6.45) is 0. The van der Waals surface area contributed by atoms with E-state index in [0.717, 1.165) is 0 Å². The molecule has 1 heterocycles. The Balaban J connectivity index is 2.01. The van der Waals surface area contributed by atoms with E-state index in [2.05, 4.69) is 10.6 Å². The number of amides is 2. The van der Waals surface area contributed by atoms with Crippen molar-refractivity contribution in [1.82, 2.24) is 10.2 Å². The average Bonchev–Trinajstić information content (AvgIpc) is 2.42. The third-order valence-corrected chi connectivity index (χ3v) is 3.15. The zero-order valence-electron chi connectivity index (χ0n) is 10.3. The zero-order chi connectivity index (χ0) is 13.8. The van der Waals surface area contributed by atoms with Crippen LogP contribution < -0.4 is 16.4 Å². The molecule has 4 N–H and O–H groups in total. The first-order valence-corrected chi connectivity index (χ1v) is 6.32. The number of hydrogen-bond acceptors (Lipinski definition) is 4. The first-order chi connectivity index (χ1) is 9.08. The molecule has 0 spiro atoms. The fraction of sp³-hybridized carbons (Fsp3) is 0.333. The van der Waals surface area contributed by atoms with Crippen LogP contribution in [0.3, 0.4) is 0 Å². The normalized spacial score (nSPS) is 15.1. The number of nitrogen functional groups attached to an aromatic ring is 1. The van der Waals surface area contributed by atoms with Crippen LogP contribution in [-0.2, 0) is 9.59 Å². The van der Waals surface area contributed by atoms with Gasteiger partial charge in [0.15, 0.2) is 0 Å². The molecule has 1 aromatic carbocycles. The van der Waals surface area contributed by atoms with Gasteiger partial charge in [0.2, 0.25) is 0 Å². The van der Waals surface area contributed by atoms with E-state index in [1.165, 1.54) is 11.0 Å². The number of piperazine rings is 1. The van der Waals surface area contributed by atoms with Crippen LogP contribution in [0, 0.1) is 0 Å². The topological polar surface area (TPSA) is 87.5 Å². The van der Waals surface area contributed by atoms with Gasteiger partial charge in [-0.25, -0.2) is 0 Å². The summed E-state index contributed by atoms with van der Waals surface area (Å²) in [7, 11) is 0. The molecule has 0 bridgehead atoms. The minimum atomic E-state index is -0.687. The van der Waals surface area contributed by atoms with E-state index >= 15 is 0 Å². The van der Waals surface area contributed by atoms with Crippen LogP contribution in [0.25, 0.3) is 0 Å². The van der Waals surface area contributed by atoms with Crippen LogP contribution in [0.1, 0.15) is 0 Å². The summed E-state index contributed by atoms with van der Waals surface area (Å²) in [5.41, 5.74) is 6.43. The molecule has 0 saturated carbocycles. The molecule has 2 rings (SSSR count). The first-order valence-electron chi connectivity index (χ1n) is 5.94. The molecule has 1 aromatic rings. The Morgan fingerprint density at radius 1 is 1.32 bits per heavy atom. The van der Waals surface area contributed by atoms with E-state index in [9.17, 15) is 9.59 Å². The lowest BCUT2D eigenvalue weighted by atomic mass is 10.2. The summed E-state index contributed by atoms with van der Waals surface area (Å²) in [5.74, 6) is -1.23. The number of carbonyl (C=O) groups excluding carboxylic acids is 2. The molecule has 0 aliphatic carbocycles. The van der Waals surface area contributed by atoms with E-state index in [4.69, 9.17) is 17.3 Å². The molecule has 1 saturated heterocycles. The first kappa shape index (κ1) is 13.6. The Morgan fingerprint density at radius 2 is 2.00 bits per heavy atom. The van der Waals surface area contributed by atoms with Crippen molar-refractivity contribution in [2.75, 3.05) is 37.2 Å². The Hall–Kier alpha value is -1.79. The second-order valence-electron chi connectivity index (χ2n) is 4.24. The molecule has 0 unspecified atom stereocenters. The lowest BCUT2D eigenvalue weighted by Crippen LogP contribution is -2.49. The molecule has 0 radical (unpaired) electrons. The minimum Gasteiger partial charge on any atom is -0.399 e. The number of nitrogens with zero attached hydrogens (tertiary/aromatic N) is 1. The lowest BCUT2D eigenvalue weighted by molar-refractivity contribution is -0.143. The quantitative estimate of drug-likeness (QED) is 0.510. The third kappa shape index (κ3) is 3.36. The maximum absolute atomic E-state index is 11.9. The maximum atomic E-state index is 11.9. The second kappa shape index (κ2) is 5.90. The van der Waals surface area contributed by atoms with Gasteiger partial charge in [-0.05, 0) is 18.2 Å². The predicted molar refractivity (Wildman–Crippen MR) is 73.9 cm³/mol. The smallest absolute Gasteiger partial charge is 0.313 e. The highest BCUT2D eigenvalue weighted by Gasteiger charge is 2.23. The largest absolute Gasteiger partial charge is 0.399 e. The Kier molecular flexibility index (Phi) is 4.24. The Labute approximate surface area is 115 Å². The van der Waals surface area contributed by atoms with Gasteiger partial charge in [0.25, 0.3) is 0 Å². The highest BCUT2D eigenvalue weighted by molar-refractivity contribution is 6.41. The molecular formula is C12H15ClN4O2. The van der Waals surface area contributed by atoms with Crippen LogP contribution >= 0.6 is 11.6 Å². The molecule has 102 valence electrons. The predicted octanol–water partition coefficient (Wildman–Crippen LogP) is 0.292. The molecule has 1 fully saturated rings. The van der Waals surface area contributed by atoms with Crippen LogP contribution in [0.4, 0.5) is 11.4 Å². The number of hydrogen-bond donors (Lipinski definition) is 3. The summed E-state index contributed by atoms with van der Waals surface area (Å²) < 4.78 is 0. The number of benzene rings is 1. The lowest BCUT2D eigenvalue weighted by Gasteiger charge is -2.26.